The highest BCUT2D eigenvalue weighted by atomic mass is 79.9. The Kier molecular flexibility index (Phi) is 2.94. The van der Waals surface area contributed by atoms with Crippen molar-refractivity contribution in [2.75, 3.05) is 0 Å². The summed E-state index contributed by atoms with van der Waals surface area (Å²) in [5, 5.41) is 19.1. The number of aliphatic hydroxyl groups excluding tert-OH is 1. The van der Waals surface area contributed by atoms with Crippen LogP contribution in [0.1, 0.15) is 5.56 Å². The first kappa shape index (κ1) is 10.1. The van der Waals surface area contributed by atoms with E-state index in [4.69, 9.17) is 5.11 Å². The summed E-state index contributed by atoms with van der Waals surface area (Å²) in [6.45, 7) is -0.693. The van der Waals surface area contributed by atoms with Gasteiger partial charge in [-0.25, -0.2) is 4.39 Å². The molecule has 0 atom stereocenters. The number of hydrogen-bond donors (Lipinski definition) is 1. The van der Waals surface area contributed by atoms with Crippen molar-refractivity contribution in [3.05, 3.63) is 38.1 Å². The van der Waals surface area contributed by atoms with Crippen LogP contribution in [-0.4, -0.2) is 10.0 Å². The van der Waals surface area contributed by atoms with E-state index < -0.39 is 23.0 Å². The number of nitrogens with zero attached hydrogens (tertiary/aromatic N) is 1. The van der Waals surface area contributed by atoms with Crippen molar-refractivity contribution < 1.29 is 14.4 Å². The van der Waals surface area contributed by atoms with Gasteiger partial charge >= 0.3 is 0 Å². The van der Waals surface area contributed by atoms with E-state index in [1.54, 1.807) is 0 Å². The summed E-state index contributed by atoms with van der Waals surface area (Å²) >= 11 is 2.86. The Labute approximate surface area is 81.3 Å². The molecule has 1 N–H and O–H groups in total. The van der Waals surface area contributed by atoms with Crippen LogP contribution < -0.4 is 0 Å². The highest BCUT2D eigenvalue weighted by Gasteiger charge is 2.18. The minimum atomic E-state index is -0.795. The third-order valence-electron chi connectivity index (χ3n) is 1.53. The molecule has 0 aliphatic carbocycles. The molecule has 0 saturated carbocycles. The fourth-order valence-electron chi connectivity index (χ4n) is 0.904. The van der Waals surface area contributed by atoms with Crippen LogP contribution in [0.3, 0.4) is 0 Å². The van der Waals surface area contributed by atoms with Crippen LogP contribution in [0.5, 0.6) is 0 Å². The lowest BCUT2D eigenvalue weighted by Crippen LogP contribution is -1.99. The van der Waals surface area contributed by atoms with E-state index >= 15 is 0 Å². The molecule has 6 heteroatoms. The van der Waals surface area contributed by atoms with Crippen LogP contribution in [0.4, 0.5) is 10.1 Å². The fraction of sp³-hybridized carbons (Fsp3) is 0.143. The molecule has 4 nitrogen and oxygen atoms in total. The van der Waals surface area contributed by atoms with Gasteiger partial charge in [0.05, 0.1) is 21.6 Å². The van der Waals surface area contributed by atoms with Gasteiger partial charge in [0.15, 0.2) is 0 Å². The number of nitro groups is 1. The number of nitro benzene ring substituents is 1. The fourth-order valence-corrected chi connectivity index (χ4v) is 1.28. The highest BCUT2D eigenvalue weighted by molar-refractivity contribution is 9.10. The van der Waals surface area contributed by atoms with Gasteiger partial charge in [-0.3, -0.25) is 10.1 Å². The molecule has 0 saturated heterocycles. The summed E-state index contributed by atoms with van der Waals surface area (Å²) < 4.78 is 13.2. The molecule has 0 bridgehead atoms. The molecule has 0 fully saturated rings. The van der Waals surface area contributed by atoms with Gasteiger partial charge in [0.2, 0.25) is 0 Å². The first-order valence-corrected chi connectivity index (χ1v) is 4.09. The smallest absolute Gasteiger partial charge is 0.277 e. The topological polar surface area (TPSA) is 63.4 Å². The number of halogens is 2. The normalized spacial score (nSPS) is 10.1. The monoisotopic (exact) mass is 249 g/mol. The van der Waals surface area contributed by atoms with Gasteiger partial charge < -0.3 is 5.11 Å². The summed E-state index contributed by atoms with van der Waals surface area (Å²) in [5.74, 6) is -0.795. The van der Waals surface area contributed by atoms with E-state index in [9.17, 15) is 14.5 Å². The van der Waals surface area contributed by atoms with Crippen LogP contribution in [-0.2, 0) is 6.61 Å². The van der Waals surface area contributed by atoms with Crippen LogP contribution in [0.2, 0.25) is 0 Å². The Balaban J connectivity index is 3.38. The molecule has 1 aromatic rings. The Bertz CT molecular complexity index is 356. The molecule has 0 aliphatic heterocycles. The Hall–Kier alpha value is -1.01. The maximum atomic E-state index is 13.1. The Morgan fingerprint density at radius 3 is 2.69 bits per heavy atom. The minimum absolute atomic E-state index is 0.0992. The van der Waals surface area contributed by atoms with Crippen molar-refractivity contribution in [2.45, 2.75) is 6.61 Å². The van der Waals surface area contributed by atoms with Gasteiger partial charge in [-0.15, -0.1) is 0 Å². The van der Waals surface area contributed by atoms with E-state index in [-0.39, 0.29) is 10.0 Å². The van der Waals surface area contributed by atoms with Crippen molar-refractivity contribution in [2.24, 2.45) is 0 Å². The average Bonchev–Trinajstić information content (AvgIpc) is 2.09. The lowest BCUT2D eigenvalue weighted by molar-refractivity contribution is -0.386. The molecule has 0 heterocycles. The predicted octanol–water partition coefficient (Wildman–Crippen LogP) is 1.99. The molecule has 0 aliphatic rings. The van der Waals surface area contributed by atoms with Gasteiger partial charge in [-0.1, -0.05) is 0 Å². The number of benzene rings is 1. The largest absolute Gasteiger partial charge is 0.391 e. The first-order chi connectivity index (χ1) is 6.07. The zero-order valence-electron chi connectivity index (χ0n) is 6.33. The van der Waals surface area contributed by atoms with E-state index in [1.165, 1.54) is 6.07 Å². The highest BCUT2D eigenvalue weighted by Crippen LogP contribution is 2.27. The Morgan fingerprint density at radius 2 is 2.23 bits per heavy atom. The lowest BCUT2D eigenvalue weighted by atomic mass is 10.2. The first-order valence-electron chi connectivity index (χ1n) is 3.30. The van der Waals surface area contributed by atoms with E-state index in [1.807, 2.05) is 0 Å². The average molecular weight is 250 g/mol. The van der Waals surface area contributed by atoms with Crippen LogP contribution in [0.15, 0.2) is 16.6 Å². The summed E-state index contributed by atoms with van der Waals surface area (Å²) in [5.41, 5.74) is -0.720. The molecule has 70 valence electrons. The van der Waals surface area contributed by atoms with Crippen molar-refractivity contribution in [3.63, 3.8) is 0 Å². The molecule has 0 radical (unpaired) electrons. The molecule has 1 aromatic carbocycles. The molecular weight excluding hydrogens is 245 g/mol. The number of rotatable bonds is 2. The van der Waals surface area contributed by atoms with Gasteiger partial charge in [0, 0.05) is 6.07 Å². The van der Waals surface area contributed by atoms with Gasteiger partial charge in [0.1, 0.15) is 5.82 Å². The molecule has 0 aromatic heterocycles. The Morgan fingerprint density at radius 1 is 1.62 bits per heavy atom. The van der Waals surface area contributed by atoms with Crippen molar-refractivity contribution in [1.29, 1.82) is 0 Å². The van der Waals surface area contributed by atoms with Gasteiger partial charge in [-0.2, -0.15) is 0 Å². The molecule has 0 amide bonds. The molecule has 0 spiro atoms. The number of hydrogen-bond acceptors (Lipinski definition) is 3. The van der Waals surface area contributed by atoms with Crippen molar-refractivity contribution >= 4 is 21.6 Å². The van der Waals surface area contributed by atoms with E-state index in [2.05, 4.69) is 15.9 Å². The lowest BCUT2D eigenvalue weighted by Gasteiger charge is -2.01. The number of aliphatic hydroxyl groups is 1. The third kappa shape index (κ3) is 1.84. The second kappa shape index (κ2) is 3.80. The van der Waals surface area contributed by atoms with Gasteiger partial charge in [0.25, 0.3) is 5.69 Å². The maximum absolute atomic E-state index is 13.1. The summed E-state index contributed by atoms with van der Waals surface area (Å²) in [4.78, 5) is 9.62. The predicted molar refractivity (Wildman–Crippen MR) is 46.7 cm³/mol. The second-order valence-electron chi connectivity index (χ2n) is 2.27. The molecule has 1 rings (SSSR count). The van der Waals surface area contributed by atoms with Crippen LogP contribution in [0, 0.1) is 15.9 Å². The van der Waals surface area contributed by atoms with Crippen molar-refractivity contribution in [3.8, 4) is 0 Å². The third-order valence-corrected chi connectivity index (χ3v) is 2.14. The van der Waals surface area contributed by atoms with E-state index in [0.717, 1.165) is 6.07 Å². The molecule has 0 unspecified atom stereocenters. The standard InChI is InChI=1S/C7H5BrFNO3/c8-5-1-2-6(10(12)13)4(3-11)7(5)9/h1-2,11H,3H2. The van der Waals surface area contributed by atoms with Gasteiger partial charge in [-0.05, 0) is 22.0 Å². The second-order valence-corrected chi connectivity index (χ2v) is 3.13. The summed E-state index contributed by atoms with van der Waals surface area (Å²) in [6, 6.07) is 2.37. The molecule has 13 heavy (non-hydrogen) atoms. The summed E-state index contributed by atoms with van der Waals surface area (Å²) in [7, 11) is 0. The zero-order chi connectivity index (χ0) is 10.0. The van der Waals surface area contributed by atoms with Crippen LogP contribution in [0.25, 0.3) is 0 Å². The summed E-state index contributed by atoms with van der Waals surface area (Å²) in [6.07, 6.45) is 0. The maximum Gasteiger partial charge on any atom is 0.277 e. The minimum Gasteiger partial charge on any atom is -0.391 e. The van der Waals surface area contributed by atoms with Crippen molar-refractivity contribution in [1.82, 2.24) is 0 Å². The van der Waals surface area contributed by atoms with E-state index in [0.29, 0.717) is 0 Å². The van der Waals surface area contributed by atoms with Crippen LogP contribution >= 0.6 is 15.9 Å². The SMILES string of the molecule is O=[N+]([O-])c1ccc(Br)c(F)c1CO. The molecular formula is C7H5BrFNO3. The quantitative estimate of drug-likeness (QED) is 0.644. The zero-order valence-corrected chi connectivity index (χ0v) is 7.91.